The first-order valence-corrected chi connectivity index (χ1v) is 12.7. The van der Waals surface area contributed by atoms with Gasteiger partial charge >= 0.3 is 12.2 Å². The molecule has 0 atom stereocenters. The molecule has 228 valence electrons. The van der Waals surface area contributed by atoms with Crippen molar-refractivity contribution >= 4 is 36.3 Å². The number of carbonyl (C=O) groups is 3. The second kappa shape index (κ2) is 15.1. The summed E-state index contributed by atoms with van der Waals surface area (Å²) in [6.07, 6.45) is 2.74. The Morgan fingerprint density at radius 2 is 1.58 bits per heavy atom. The third-order valence-electron chi connectivity index (χ3n) is 6.14. The summed E-state index contributed by atoms with van der Waals surface area (Å²) in [4.78, 5) is 46.6. The predicted molar refractivity (Wildman–Crippen MR) is 152 cm³/mol. The molecule has 1 saturated heterocycles. The summed E-state index contributed by atoms with van der Waals surface area (Å²) in [5.41, 5.74) is 4.38. The fourth-order valence-corrected chi connectivity index (χ4v) is 4.13. The van der Waals surface area contributed by atoms with Gasteiger partial charge in [0.25, 0.3) is 12.9 Å². The first kappa shape index (κ1) is 32.3. The third-order valence-corrected chi connectivity index (χ3v) is 6.14. The monoisotopic (exact) mass is 602 g/mol. The minimum absolute atomic E-state index is 0.250. The number of amides is 2. The number of anilines is 2. The standard InChI is InChI=1S/C25H25F3N8O.2CH2O2/c1-34-7-9-35(10-8-34)23-30-13-19(14-31-23)17-5-6-36-21(15-29-22(36)12-17)18-3-2-4-20(11-18)33-24(37)32-16-25(26,27)28;2*2-1-3/h2-6,11-15H,7-10,16H2,1H3,(H2,32,33,37);2*1H,(H,2,3). The van der Waals surface area contributed by atoms with E-state index in [0.717, 1.165) is 54.5 Å². The number of nitrogens with zero attached hydrogens (tertiary/aromatic N) is 6. The van der Waals surface area contributed by atoms with E-state index in [-0.39, 0.29) is 12.9 Å². The molecule has 1 aliphatic heterocycles. The third kappa shape index (κ3) is 9.39. The van der Waals surface area contributed by atoms with Crippen LogP contribution in [0.5, 0.6) is 0 Å². The summed E-state index contributed by atoms with van der Waals surface area (Å²) in [7, 11) is 2.10. The van der Waals surface area contributed by atoms with Crippen LogP contribution in [0.3, 0.4) is 0 Å². The Bertz CT molecular complexity index is 1500. The highest BCUT2D eigenvalue weighted by molar-refractivity contribution is 5.90. The number of likely N-dealkylation sites (N-methyl/N-ethyl adjacent to an activating group) is 1. The predicted octanol–water partition coefficient (Wildman–Crippen LogP) is 3.30. The molecule has 43 heavy (non-hydrogen) atoms. The normalized spacial score (nSPS) is 13.2. The lowest BCUT2D eigenvalue weighted by Gasteiger charge is -2.32. The molecule has 3 aromatic heterocycles. The van der Waals surface area contributed by atoms with E-state index < -0.39 is 18.8 Å². The van der Waals surface area contributed by atoms with Gasteiger partial charge in [0.05, 0.1) is 11.9 Å². The van der Waals surface area contributed by atoms with Crippen LogP contribution in [0.4, 0.5) is 29.6 Å². The Labute approximate surface area is 243 Å². The molecule has 1 fully saturated rings. The van der Waals surface area contributed by atoms with Gasteiger partial charge in [0.15, 0.2) is 0 Å². The highest BCUT2D eigenvalue weighted by Gasteiger charge is 2.27. The number of nitrogens with one attached hydrogen (secondary N) is 2. The summed E-state index contributed by atoms with van der Waals surface area (Å²) in [5, 5.41) is 18.0. The number of carbonyl (C=O) groups excluding carboxylic acids is 1. The number of aromatic nitrogens is 4. The van der Waals surface area contributed by atoms with Crippen LogP contribution in [-0.2, 0) is 9.59 Å². The van der Waals surface area contributed by atoms with Crippen LogP contribution in [0.1, 0.15) is 0 Å². The number of hydrogen-bond acceptors (Lipinski definition) is 8. The summed E-state index contributed by atoms with van der Waals surface area (Å²) in [6.45, 7) is 1.85. The van der Waals surface area contributed by atoms with E-state index >= 15 is 0 Å². The molecule has 1 aromatic carbocycles. The maximum Gasteiger partial charge on any atom is 0.405 e. The van der Waals surface area contributed by atoms with Crippen LogP contribution in [0.25, 0.3) is 28.0 Å². The topological polar surface area (TPSA) is 165 Å². The van der Waals surface area contributed by atoms with Gasteiger partial charge < -0.3 is 30.6 Å². The summed E-state index contributed by atoms with van der Waals surface area (Å²) < 4.78 is 38.9. The number of rotatable bonds is 5. The van der Waals surface area contributed by atoms with Crippen molar-refractivity contribution in [1.82, 2.24) is 29.6 Å². The Morgan fingerprint density at radius 1 is 0.930 bits per heavy atom. The van der Waals surface area contributed by atoms with Crippen LogP contribution < -0.4 is 15.5 Å². The van der Waals surface area contributed by atoms with Gasteiger partial charge in [-0.3, -0.25) is 14.0 Å². The zero-order valence-corrected chi connectivity index (χ0v) is 22.9. The van der Waals surface area contributed by atoms with E-state index in [1.165, 1.54) is 0 Å². The molecule has 13 nitrogen and oxygen atoms in total. The van der Waals surface area contributed by atoms with Gasteiger partial charge in [-0.1, -0.05) is 12.1 Å². The van der Waals surface area contributed by atoms with Crippen molar-refractivity contribution in [1.29, 1.82) is 0 Å². The molecule has 16 heteroatoms. The van der Waals surface area contributed by atoms with Crippen LogP contribution >= 0.6 is 0 Å². The van der Waals surface area contributed by atoms with Gasteiger partial charge in [-0.15, -0.1) is 0 Å². The Hall–Kier alpha value is -5.25. The van der Waals surface area contributed by atoms with Crippen LogP contribution in [0.15, 0.2) is 61.2 Å². The van der Waals surface area contributed by atoms with E-state index in [1.807, 2.05) is 41.2 Å². The Morgan fingerprint density at radius 3 is 2.21 bits per heavy atom. The molecule has 5 rings (SSSR count). The summed E-state index contributed by atoms with van der Waals surface area (Å²) >= 11 is 0. The smallest absolute Gasteiger partial charge is 0.405 e. The average Bonchev–Trinajstić information content (AvgIpc) is 3.41. The number of hydrogen-bond donors (Lipinski definition) is 4. The SMILES string of the molecule is CN1CCN(c2ncc(-c3ccn4c(-c5cccc(NC(=O)NCC(F)(F)F)c5)cnc4c3)cn2)CC1.O=CO.O=CO. The number of piperazine rings is 1. The van der Waals surface area contributed by atoms with Gasteiger partial charge in [-0.2, -0.15) is 13.2 Å². The Kier molecular flexibility index (Phi) is 11.3. The number of urea groups is 1. The molecule has 4 heterocycles. The van der Waals surface area contributed by atoms with E-state index in [9.17, 15) is 18.0 Å². The van der Waals surface area contributed by atoms with Gasteiger partial charge in [0.1, 0.15) is 12.2 Å². The van der Waals surface area contributed by atoms with Crippen molar-refractivity contribution in [2.75, 3.05) is 50.0 Å². The molecule has 0 unspecified atom stereocenters. The van der Waals surface area contributed by atoms with Gasteiger partial charge in [0.2, 0.25) is 5.95 Å². The van der Waals surface area contributed by atoms with Gasteiger partial charge in [-0.05, 0) is 36.9 Å². The fourth-order valence-electron chi connectivity index (χ4n) is 4.13. The quantitative estimate of drug-likeness (QED) is 0.249. The van der Waals surface area contributed by atoms with Crippen molar-refractivity contribution in [2.45, 2.75) is 6.18 Å². The minimum Gasteiger partial charge on any atom is -0.483 e. The zero-order valence-electron chi connectivity index (χ0n) is 22.9. The maximum absolute atomic E-state index is 12.3. The van der Waals surface area contributed by atoms with Crippen molar-refractivity contribution in [3.8, 4) is 22.4 Å². The molecule has 1 aliphatic rings. The number of benzene rings is 1. The molecule has 0 bridgehead atoms. The first-order valence-electron chi connectivity index (χ1n) is 12.7. The number of pyridine rings is 1. The maximum atomic E-state index is 12.3. The number of carboxylic acid groups (broad SMARTS) is 2. The summed E-state index contributed by atoms with van der Waals surface area (Å²) in [5.74, 6) is 0.724. The number of alkyl halides is 3. The number of halogens is 3. The lowest BCUT2D eigenvalue weighted by atomic mass is 10.1. The van der Waals surface area contributed by atoms with Gasteiger partial charge in [-0.25, -0.2) is 19.7 Å². The lowest BCUT2D eigenvalue weighted by Crippen LogP contribution is -2.45. The van der Waals surface area contributed by atoms with E-state index in [1.54, 1.807) is 29.7 Å². The highest BCUT2D eigenvalue weighted by Crippen LogP contribution is 2.27. The molecular weight excluding hydrogens is 573 g/mol. The fraction of sp³-hybridized carbons (Fsp3) is 0.259. The van der Waals surface area contributed by atoms with E-state index in [0.29, 0.717) is 11.3 Å². The molecule has 4 aromatic rings. The number of imidazole rings is 1. The highest BCUT2D eigenvalue weighted by atomic mass is 19.4. The second-order valence-electron chi connectivity index (χ2n) is 9.06. The average molecular weight is 603 g/mol. The second-order valence-corrected chi connectivity index (χ2v) is 9.06. The lowest BCUT2D eigenvalue weighted by molar-refractivity contribution is -0.123. The number of fused-ring (bicyclic) bond motifs is 1. The largest absolute Gasteiger partial charge is 0.483 e. The molecular formula is C27H29F3N8O5. The van der Waals surface area contributed by atoms with Gasteiger partial charge in [0, 0.05) is 61.6 Å². The molecule has 0 saturated carbocycles. The molecule has 0 spiro atoms. The molecule has 0 radical (unpaired) electrons. The first-order chi connectivity index (χ1) is 20.6. The van der Waals surface area contributed by atoms with Crippen molar-refractivity contribution in [3.05, 3.63) is 61.2 Å². The zero-order chi connectivity index (χ0) is 31.4. The minimum atomic E-state index is -4.48. The van der Waals surface area contributed by atoms with Crippen LogP contribution in [0, 0.1) is 0 Å². The van der Waals surface area contributed by atoms with Crippen molar-refractivity contribution in [3.63, 3.8) is 0 Å². The van der Waals surface area contributed by atoms with Crippen LogP contribution in [-0.4, -0.2) is 99.4 Å². The van der Waals surface area contributed by atoms with Crippen LogP contribution in [0.2, 0.25) is 0 Å². The van der Waals surface area contributed by atoms with Crippen molar-refractivity contribution < 1.29 is 37.8 Å². The molecule has 4 N–H and O–H groups in total. The molecule has 2 amide bonds. The Balaban J connectivity index is 0.000000780. The van der Waals surface area contributed by atoms with Crippen molar-refractivity contribution in [2.24, 2.45) is 0 Å². The van der Waals surface area contributed by atoms with E-state index in [4.69, 9.17) is 19.8 Å². The molecule has 0 aliphatic carbocycles. The van der Waals surface area contributed by atoms with E-state index in [2.05, 4.69) is 37.1 Å². The summed E-state index contributed by atoms with van der Waals surface area (Å²) in [6, 6.07) is 9.77.